The molecule has 0 saturated heterocycles. The van der Waals surface area contributed by atoms with E-state index in [0.717, 1.165) is 21.8 Å². The molecule has 1 aromatic heterocycles. The summed E-state index contributed by atoms with van der Waals surface area (Å²) < 4.78 is 13.2. The Kier molecular flexibility index (Phi) is 5.46. The molecule has 0 fully saturated rings. The van der Waals surface area contributed by atoms with E-state index in [9.17, 15) is 9.59 Å². The van der Waals surface area contributed by atoms with Crippen molar-refractivity contribution >= 4 is 17.3 Å². The summed E-state index contributed by atoms with van der Waals surface area (Å²) in [5.74, 6) is 0.185. The Hall–Kier alpha value is -4.24. The summed E-state index contributed by atoms with van der Waals surface area (Å²) in [5, 5.41) is 5.06. The van der Waals surface area contributed by atoms with Crippen molar-refractivity contribution in [3.63, 3.8) is 0 Å². The maximum atomic E-state index is 13.3. The number of esters is 1. The number of fused-ring (bicyclic) bond motifs is 1. The highest BCUT2D eigenvalue weighted by Crippen LogP contribution is 2.31. The predicted octanol–water partition coefficient (Wildman–Crippen LogP) is 4.36. The Morgan fingerprint density at radius 3 is 2.56 bits per heavy atom. The van der Waals surface area contributed by atoms with Crippen LogP contribution in [0.25, 0.3) is 32.5 Å². The van der Waals surface area contributed by atoms with E-state index < -0.39 is 5.97 Å². The van der Waals surface area contributed by atoms with Gasteiger partial charge in [0.2, 0.25) is 0 Å². The summed E-state index contributed by atoms with van der Waals surface area (Å²) >= 11 is 1.43. The number of aromatic nitrogens is 4. The van der Waals surface area contributed by atoms with Crippen LogP contribution < -0.4 is 10.3 Å². The number of thiazole rings is 1. The number of pyridine rings is 1. The molecule has 3 heterocycles. The van der Waals surface area contributed by atoms with Gasteiger partial charge < -0.3 is 9.47 Å². The minimum Gasteiger partial charge on any atom is -0.497 e. The molecule has 2 aliphatic rings. The fourth-order valence-corrected chi connectivity index (χ4v) is 4.56. The molecular weight excluding hydrogens is 452 g/mol. The van der Waals surface area contributed by atoms with E-state index in [-0.39, 0.29) is 16.8 Å². The third-order valence-electron chi connectivity index (χ3n) is 5.41. The van der Waals surface area contributed by atoms with E-state index >= 15 is 0 Å². The van der Waals surface area contributed by atoms with Gasteiger partial charge in [0, 0.05) is 18.6 Å². The Balaban J connectivity index is 1.64. The van der Waals surface area contributed by atoms with Crippen molar-refractivity contribution in [2.45, 2.75) is 6.92 Å². The molecule has 0 aliphatic carbocycles. The van der Waals surface area contributed by atoms with Crippen LogP contribution in [0, 0.1) is 6.92 Å². The zero-order valence-electron chi connectivity index (χ0n) is 18.7. The van der Waals surface area contributed by atoms with Crippen molar-refractivity contribution in [2.24, 2.45) is 0 Å². The van der Waals surface area contributed by atoms with Gasteiger partial charge in [-0.1, -0.05) is 23.5 Å². The Morgan fingerprint density at radius 2 is 1.85 bits per heavy atom. The molecule has 0 bridgehead atoms. The van der Waals surface area contributed by atoms with Crippen molar-refractivity contribution in [1.29, 1.82) is 0 Å². The summed E-state index contributed by atoms with van der Waals surface area (Å²) in [6.45, 7) is 1.94. The zero-order valence-corrected chi connectivity index (χ0v) is 19.5. The van der Waals surface area contributed by atoms with Gasteiger partial charge in [-0.15, -0.1) is 0 Å². The van der Waals surface area contributed by atoms with Gasteiger partial charge in [0.25, 0.3) is 5.56 Å². The maximum absolute atomic E-state index is 13.3. The van der Waals surface area contributed by atoms with Gasteiger partial charge in [0.15, 0.2) is 5.13 Å². The number of aryl methyl sites for hydroxylation is 1. The number of methoxy groups -OCH3 is 2. The van der Waals surface area contributed by atoms with E-state index in [1.165, 1.54) is 23.1 Å². The molecule has 0 radical (unpaired) electrons. The number of ether oxygens (including phenoxy) is 2. The van der Waals surface area contributed by atoms with Crippen LogP contribution in [-0.2, 0) is 4.74 Å². The molecule has 0 spiro atoms. The lowest BCUT2D eigenvalue weighted by Gasteiger charge is -2.09. The summed E-state index contributed by atoms with van der Waals surface area (Å²) in [5.41, 5.74) is 3.04. The maximum Gasteiger partial charge on any atom is 0.341 e. The molecular formula is C25H20N4O4S. The topological polar surface area (TPSA) is 88.2 Å². The summed E-state index contributed by atoms with van der Waals surface area (Å²) in [4.78, 5) is 31.3. The lowest BCUT2D eigenvalue weighted by molar-refractivity contribution is 0.0600. The van der Waals surface area contributed by atoms with Crippen LogP contribution in [-0.4, -0.2) is 39.5 Å². The first kappa shape index (κ1) is 21.6. The number of nitrogens with zero attached hydrogens (tertiary/aromatic N) is 4. The lowest BCUT2D eigenvalue weighted by Crippen LogP contribution is -2.15. The molecule has 9 heteroatoms. The van der Waals surface area contributed by atoms with Gasteiger partial charge >= 0.3 is 5.97 Å². The van der Waals surface area contributed by atoms with Crippen LogP contribution in [0.15, 0.2) is 71.9 Å². The molecule has 2 aromatic carbocycles. The third-order valence-corrected chi connectivity index (χ3v) is 6.47. The molecule has 8 nitrogen and oxygen atoms in total. The highest BCUT2D eigenvalue weighted by molar-refractivity contribution is 7.17. The standard InChI is InChI=1S/C25H20N4O4S/c1-15-5-4-6-17(11-15)29-23(30)19-13-28(14-20(22(19)27-29)24(31)33-3)25-26-12-21(34-25)16-7-9-18(32-2)10-8-16/h4-14H,1-3H3. The quantitative estimate of drug-likeness (QED) is 0.353. The van der Waals surface area contributed by atoms with Gasteiger partial charge in [-0.25, -0.2) is 9.78 Å². The number of hydrogen-bond donors (Lipinski definition) is 0. The second-order valence-electron chi connectivity index (χ2n) is 7.62. The minimum absolute atomic E-state index is 0.185. The predicted molar refractivity (Wildman–Crippen MR) is 130 cm³/mol. The average molecular weight is 473 g/mol. The molecule has 0 unspecified atom stereocenters. The normalized spacial score (nSPS) is 11.0. The van der Waals surface area contributed by atoms with Crippen LogP contribution in [0.4, 0.5) is 0 Å². The van der Waals surface area contributed by atoms with E-state index in [1.54, 1.807) is 36.3 Å². The molecule has 0 saturated carbocycles. The number of rotatable bonds is 5. The molecule has 3 aromatic rings. The largest absolute Gasteiger partial charge is 0.497 e. The van der Waals surface area contributed by atoms with Crippen molar-refractivity contribution in [1.82, 2.24) is 19.3 Å². The molecule has 170 valence electrons. The van der Waals surface area contributed by atoms with E-state index in [2.05, 4.69) is 10.1 Å². The Labute approximate surface area is 199 Å². The highest BCUT2D eigenvalue weighted by Gasteiger charge is 2.26. The number of hydrogen-bond acceptors (Lipinski definition) is 7. The fourth-order valence-electron chi connectivity index (χ4n) is 3.68. The summed E-state index contributed by atoms with van der Waals surface area (Å²) in [6.07, 6.45) is 5.00. The first-order valence-corrected chi connectivity index (χ1v) is 11.2. The molecule has 0 N–H and O–H groups in total. The molecule has 0 atom stereocenters. The SMILES string of the molecule is COC(=O)c1cn(-c2ncc(-c3ccc(OC)cc3)s2)cc2c(=O)n(-c3cccc(C)c3)nc1-2. The van der Waals surface area contributed by atoms with Gasteiger partial charge in [-0.3, -0.25) is 9.36 Å². The van der Waals surface area contributed by atoms with Gasteiger partial charge in [-0.05, 0) is 54.4 Å². The first-order valence-electron chi connectivity index (χ1n) is 10.4. The number of carbonyl (C=O) groups is 1. The minimum atomic E-state index is -0.583. The van der Waals surface area contributed by atoms with E-state index in [4.69, 9.17) is 9.47 Å². The first-order chi connectivity index (χ1) is 16.5. The average Bonchev–Trinajstić information content (AvgIpc) is 3.48. The zero-order chi connectivity index (χ0) is 23.8. The van der Waals surface area contributed by atoms with E-state index in [1.807, 2.05) is 49.4 Å². The second-order valence-corrected chi connectivity index (χ2v) is 8.63. The fraction of sp³-hybridized carbons (Fsp3) is 0.120. The third kappa shape index (κ3) is 3.75. The van der Waals surface area contributed by atoms with Crippen LogP contribution in [0.5, 0.6) is 5.75 Å². The molecule has 5 rings (SSSR count). The Morgan fingerprint density at radius 1 is 1.06 bits per heavy atom. The van der Waals surface area contributed by atoms with Crippen LogP contribution in [0.1, 0.15) is 15.9 Å². The van der Waals surface area contributed by atoms with Gasteiger partial charge in [0.1, 0.15) is 17.0 Å². The lowest BCUT2D eigenvalue weighted by atomic mass is 10.1. The number of carbonyl (C=O) groups excluding carboxylic acids is 1. The number of benzene rings is 2. The van der Waals surface area contributed by atoms with Crippen molar-refractivity contribution < 1.29 is 14.3 Å². The highest BCUT2D eigenvalue weighted by atomic mass is 32.1. The van der Waals surface area contributed by atoms with Crippen LogP contribution >= 0.6 is 11.3 Å². The van der Waals surface area contributed by atoms with E-state index in [0.29, 0.717) is 16.4 Å². The van der Waals surface area contributed by atoms with Crippen LogP contribution in [0.2, 0.25) is 0 Å². The van der Waals surface area contributed by atoms with Crippen molar-refractivity contribution in [2.75, 3.05) is 14.2 Å². The van der Waals surface area contributed by atoms with Crippen molar-refractivity contribution in [3.05, 3.63) is 88.6 Å². The molecule has 2 aliphatic heterocycles. The molecule has 34 heavy (non-hydrogen) atoms. The Bertz CT molecular complexity index is 1530. The summed E-state index contributed by atoms with van der Waals surface area (Å²) in [7, 11) is 2.92. The van der Waals surface area contributed by atoms with Gasteiger partial charge in [-0.2, -0.15) is 9.78 Å². The second kappa shape index (κ2) is 8.60. The summed E-state index contributed by atoms with van der Waals surface area (Å²) in [6, 6.07) is 15.1. The van der Waals surface area contributed by atoms with Crippen LogP contribution in [0.3, 0.4) is 0 Å². The van der Waals surface area contributed by atoms with Gasteiger partial charge in [0.05, 0.1) is 30.3 Å². The van der Waals surface area contributed by atoms with Crippen molar-refractivity contribution in [3.8, 4) is 38.3 Å². The smallest absolute Gasteiger partial charge is 0.341 e. The molecule has 0 amide bonds. The monoisotopic (exact) mass is 472 g/mol.